The summed E-state index contributed by atoms with van der Waals surface area (Å²) in [4.78, 5) is 38.1. The maximum absolute atomic E-state index is 12.8. The van der Waals surface area contributed by atoms with Gasteiger partial charge < -0.3 is 14.2 Å². The zero-order valence-electron chi connectivity index (χ0n) is 43.4. The third-order valence-electron chi connectivity index (χ3n) is 11.9. The first kappa shape index (κ1) is 62.8. The van der Waals surface area contributed by atoms with Gasteiger partial charge in [-0.3, -0.25) is 14.4 Å². The molecule has 380 valence electrons. The molecule has 1 unspecified atom stereocenters. The van der Waals surface area contributed by atoms with E-state index in [0.29, 0.717) is 19.3 Å². The lowest BCUT2D eigenvalue weighted by Crippen LogP contribution is -2.30. The summed E-state index contributed by atoms with van der Waals surface area (Å²) < 4.78 is 16.8. The number of hydrogen-bond acceptors (Lipinski definition) is 6. The van der Waals surface area contributed by atoms with Crippen molar-refractivity contribution in [1.29, 1.82) is 0 Å². The van der Waals surface area contributed by atoms with Gasteiger partial charge in [0, 0.05) is 19.3 Å². The summed E-state index contributed by atoms with van der Waals surface area (Å²) in [5.74, 6) is -0.913. The molecule has 0 aliphatic carbocycles. The molecule has 0 heterocycles. The van der Waals surface area contributed by atoms with Crippen LogP contribution in [0.15, 0.2) is 72.9 Å². The van der Waals surface area contributed by atoms with Gasteiger partial charge >= 0.3 is 17.9 Å². The fraction of sp³-hybridized carbons (Fsp3) is 0.750. The second-order valence-corrected chi connectivity index (χ2v) is 18.5. The Morgan fingerprint density at radius 1 is 0.318 bits per heavy atom. The number of allylic oxidation sites excluding steroid dienone is 12. The maximum atomic E-state index is 12.8. The summed E-state index contributed by atoms with van der Waals surface area (Å²) in [6.45, 7) is 6.48. The van der Waals surface area contributed by atoms with E-state index in [0.717, 1.165) is 109 Å². The minimum atomic E-state index is -0.789. The van der Waals surface area contributed by atoms with Crippen LogP contribution in [-0.2, 0) is 28.6 Å². The van der Waals surface area contributed by atoms with Crippen molar-refractivity contribution in [2.24, 2.45) is 0 Å². The molecular weight excluding hydrogens is 817 g/mol. The first-order valence-corrected chi connectivity index (χ1v) is 27.9. The minimum Gasteiger partial charge on any atom is -0.462 e. The van der Waals surface area contributed by atoms with Crippen LogP contribution in [0.4, 0.5) is 0 Å². The van der Waals surface area contributed by atoms with Gasteiger partial charge in [-0.1, -0.05) is 216 Å². The van der Waals surface area contributed by atoms with Crippen LogP contribution >= 0.6 is 0 Å². The Balaban J connectivity index is 4.36. The van der Waals surface area contributed by atoms with Crippen LogP contribution in [0, 0.1) is 0 Å². The second kappa shape index (κ2) is 54.5. The maximum Gasteiger partial charge on any atom is 0.306 e. The lowest BCUT2D eigenvalue weighted by molar-refractivity contribution is -0.167. The average Bonchev–Trinajstić information content (AvgIpc) is 3.31. The van der Waals surface area contributed by atoms with E-state index in [1.54, 1.807) is 0 Å². The zero-order chi connectivity index (χ0) is 47.9. The molecule has 0 saturated carbocycles. The smallest absolute Gasteiger partial charge is 0.306 e. The van der Waals surface area contributed by atoms with Crippen LogP contribution in [0.2, 0.25) is 0 Å². The van der Waals surface area contributed by atoms with Gasteiger partial charge in [0.15, 0.2) is 6.10 Å². The van der Waals surface area contributed by atoms with E-state index in [9.17, 15) is 14.4 Å². The van der Waals surface area contributed by atoms with E-state index < -0.39 is 6.10 Å². The lowest BCUT2D eigenvalue weighted by Gasteiger charge is -2.18. The number of unbranched alkanes of at least 4 members (excludes halogenated alkanes) is 27. The molecular formula is C60H104O6. The summed E-state index contributed by atoms with van der Waals surface area (Å²) in [6, 6.07) is 0. The van der Waals surface area contributed by atoms with Crippen molar-refractivity contribution in [3.05, 3.63) is 72.9 Å². The van der Waals surface area contributed by atoms with Crippen molar-refractivity contribution < 1.29 is 28.6 Å². The fourth-order valence-corrected chi connectivity index (χ4v) is 7.72. The SMILES string of the molecule is CC/C=C\C/C=C\C/C=C\CCCCCCCC(=O)OC(COC(=O)CCCCCCC/C=C\CCCCC)COC(=O)CCCCCCCCCCC/C=C\C/C=C\CCCCCCC. The van der Waals surface area contributed by atoms with E-state index >= 15 is 0 Å². The molecule has 0 spiro atoms. The van der Waals surface area contributed by atoms with Crippen molar-refractivity contribution in [3.8, 4) is 0 Å². The van der Waals surface area contributed by atoms with Crippen molar-refractivity contribution in [1.82, 2.24) is 0 Å². The summed E-state index contributed by atoms with van der Waals surface area (Å²) in [6.07, 6.45) is 68.9. The molecule has 1 atom stereocenters. The van der Waals surface area contributed by atoms with Crippen molar-refractivity contribution in [3.63, 3.8) is 0 Å². The van der Waals surface area contributed by atoms with Crippen molar-refractivity contribution >= 4 is 17.9 Å². The monoisotopic (exact) mass is 921 g/mol. The molecule has 0 N–H and O–H groups in total. The molecule has 0 rings (SSSR count). The number of hydrogen-bond donors (Lipinski definition) is 0. The molecule has 66 heavy (non-hydrogen) atoms. The Bertz CT molecular complexity index is 1240. The van der Waals surface area contributed by atoms with Gasteiger partial charge in [-0.15, -0.1) is 0 Å². The number of carbonyl (C=O) groups is 3. The summed E-state index contributed by atoms with van der Waals surface area (Å²) in [5.41, 5.74) is 0. The highest BCUT2D eigenvalue weighted by molar-refractivity contribution is 5.71. The summed E-state index contributed by atoms with van der Waals surface area (Å²) >= 11 is 0. The van der Waals surface area contributed by atoms with Crippen LogP contribution in [0.25, 0.3) is 0 Å². The van der Waals surface area contributed by atoms with Crippen molar-refractivity contribution in [2.75, 3.05) is 13.2 Å². The van der Waals surface area contributed by atoms with Crippen LogP contribution < -0.4 is 0 Å². The normalized spacial score (nSPS) is 12.6. The Kier molecular flexibility index (Phi) is 51.9. The topological polar surface area (TPSA) is 78.9 Å². The first-order valence-electron chi connectivity index (χ1n) is 27.9. The van der Waals surface area contributed by atoms with Gasteiger partial charge in [0.1, 0.15) is 13.2 Å². The standard InChI is InChI=1S/C60H104O6/c1-4-7-10-13-16-19-22-25-27-28-29-30-31-32-34-35-38-41-44-47-50-53-59(62)65-56-57(55-64-58(61)52-49-46-43-40-37-24-21-18-15-12-9-6-3)66-60(63)54-51-48-45-42-39-36-33-26-23-20-17-14-11-8-5-2/h8,11,17-18,20-22,25-26,28-29,33,57H,4-7,9-10,12-16,19,23-24,27,30-32,34-56H2,1-3H3/b11-8-,20-17-,21-18-,25-22-,29-28-,33-26-. The van der Waals surface area contributed by atoms with Gasteiger partial charge in [-0.05, 0) is 109 Å². The predicted molar refractivity (Wildman–Crippen MR) is 284 cm³/mol. The van der Waals surface area contributed by atoms with E-state index in [4.69, 9.17) is 14.2 Å². The van der Waals surface area contributed by atoms with Gasteiger partial charge in [0.2, 0.25) is 0 Å². The van der Waals surface area contributed by atoms with E-state index in [-0.39, 0.29) is 31.1 Å². The lowest BCUT2D eigenvalue weighted by atomic mass is 10.1. The fourth-order valence-electron chi connectivity index (χ4n) is 7.72. The van der Waals surface area contributed by atoms with Crippen LogP contribution in [0.3, 0.4) is 0 Å². The highest BCUT2D eigenvalue weighted by Gasteiger charge is 2.19. The summed E-state index contributed by atoms with van der Waals surface area (Å²) in [5, 5.41) is 0. The molecule has 0 fully saturated rings. The molecule has 0 aromatic heterocycles. The van der Waals surface area contributed by atoms with Gasteiger partial charge in [0.25, 0.3) is 0 Å². The number of esters is 3. The highest BCUT2D eigenvalue weighted by atomic mass is 16.6. The predicted octanol–water partition coefficient (Wildman–Crippen LogP) is 18.6. The third-order valence-corrected chi connectivity index (χ3v) is 11.9. The van der Waals surface area contributed by atoms with E-state index in [2.05, 4.69) is 93.7 Å². The van der Waals surface area contributed by atoms with E-state index in [1.807, 2.05) is 0 Å². The molecule has 0 aromatic carbocycles. The molecule has 0 aliphatic rings. The van der Waals surface area contributed by atoms with Gasteiger partial charge in [-0.2, -0.15) is 0 Å². The van der Waals surface area contributed by atoms with Crippen LogP contribution in [0.1, 0.15) is 271 Å². The van der Waals surface area contributed by atoms with Gasteiger partial charge in [-0.25, -0.2) is 0 Å². The molecule has 0 saturated heterocycles. The third kappa shape index (κ3) is 51.8. The Hall–Kier alpha value is -3.15. The molecule has 6 nitrogen and oxygen atoms in total. The Morgan fingerprint density at radius 3 is 0.970 bits per heavy atom. The first-order chi connectivity index (χ1) is 32.5. The minimum absolute atomic E-state index is 0.0871. The van der Waals surface area contributed by atoms with Gasteiger partial charge in [0.05, 0.1) is 0 Å². The van der Waals surface area contributed by atoms with Crippen LogP contribution in [-0.4, -0.2) is 37.2 Å². The number of rotatable bonds is 50. The Morgan fingerprint density at radius 2 is 0.591 bits per heavy atom. The number of carbonyl (C=O) groups excluding carboxylic acids is 3. The Labute approximate surface area is 408 Å². The zero-order valence-corrected chi connectivity index (χ0v) is 43.4. The largest absolute Gasteiger partial charge is 0.462 e. The van der Waals surface area contributed by atoms with Crippen LogP contribution in [0.5, 0.6) is 0 Å². The van der Waals surface area contributed by atoms with Crippen molar-refractivity contribution in [2.45, 2.75) is 277 Å². The number of ether oxygens (including phenoxy) is 3. The quantitative estimate of drug-likeness (QED) is 0.0262. The molecule has 0 bridgehead atoms. The second-order valence-electron chi connectivity index (χ2n) is 18.5. The molecule has 6 heteroatoms. The molecule has 0 aliphatic heterocycles. The summed E-state index contributed by atoms with van der Waals surface area (Å²) in [7, 11) is 0. The highest BCUT2D eigenvalue weighted by Crippen LogP contribution is 2.15. The molecule has 0 aromatic rings. The molecule has 0 amide bonds. The average molecular weight is 921 g/mol. The molecule has 0 radical (unpaired) electrons. The van der Waals surface area contributed by atoms with E-state index in [1.165, 1.54) is 122 Å².